The highest BCUT2D eigenvalue weighted by molar-refractivity contribution is 14.1. The van der Waals surface area contributed by atoms with E-state index >= 15 is 0 Å². The van der Waals surface area contributed by atoms with E-state index in [0.717, 1.165) is 0 Å². The van der Waals surface area contributed by atoms with Crippen LogP contribution in [-0.4, -0.2) is 16.0 Å². The Balaban J connectivity index is 2.87. The van der Waals surface area contributed by atoms with Crippen LogP contribution in [0.15, 0.2) is 11.1 Å². The predicted molar refractivity (Wildman–Crippen MR) is 65.5 cm³/mol. The highest BCUT2D eigenvalue weighted by Crippen LogP contribution is 2.13. The van der Waals surface area contributed by atoms with Crippen LogP contribution >= 0.6 is 22.6 Å². The van der Waals surface area contributed by atoms with E-state index in [1.807, 2.05) is 22.6 Å². The van der Waals surface area contributed by atoms with Crippen LogP contribution in [0.5, 0.6) is 0 Å². The van der Waals surface area contributed by atoms with E-state index < -0.39 is 0 Å². The van der Waals surface area contributed by atoms with E-state index in [2.05, 4.69) is 36.1 Å². The quantitative estimate of drug-likeness (QED) is 0.838. The number of rotatable bonds is 3. The second-order valence-electron chi connectivity index (χ2n) is 3.57. The predicted octanol–water partition coefficient (Wildman–Crippen LogP) is 1.83. The molecule has 5 heteroatoms. The smallest absolute Gasteiger partial charge is 0.266 e. The molecule has 0 saturated carbocycles. The highest BCUT2D eigenvalue weighted by Gasteiger charge is 2.10. The zero-order valence-corrected chi connectivity index (χ0v) is 10.6. The fourth-order valence-electron chi connectivity index (χ4n) is 0.866. The molecule has 1 aromatic heterocycles. The third-order valence-electron chi connectivity index (χ3n) is 2.16. The largest absolute Gasteiger partial charge is 0.366 e. The first-order valence-corrected chi connectivity index (χ1v) is 5.60. The van der Waals surface area contributed by atoms with Crippen molar-refractivity contribution >= 4 is 28.4 Å². The van der Waals surface area contributed by atoms with E-state index in [9.17, 15) is 4.79 Å². The van der Waals surface area contributed by atoms with Crippen LogP contribution in [0.2, 0.25) is 0 Å². The van der Waals surface area contributed by atoms with Crippen LogP contribution in [0.4, 0.5) is 5.82 Å². The minimum Gasteiger partial charge on any atom is -0.366 e. The fourth-order valence-corrected chi connectivity index (χ4v) is 1.32. The molecule has 0 aromatic carbocycles. The average Bonchev–Trinajstić information content (AvgIpc) is 2.12. The molecule has 78 valence electrons. The molecule has 1 aromatic rings. The van der Waals surface area contributed by atoms with Crippen LogP contribution in [0.3, 0.4) is 0 Å². The summed E-state index contributed by atoms with van der Waals surface area (Å²) in [5.41, 5.74) is -0.0981. The number of anilines is 1. The molecular weight excluding hydrogens is 293 g/mol. The number of halogens is 1. The van der Waals surface area contributed by atoms with Gasteiger partial charge in [-0.1, -0.05) is 13.8 Å². The van der Waals surface area contributed by atoms with Gasteiger partial charge < -0.3 is 10.3 Å². The molecule has 1 rings (SSSR count). The maximum atomic E-state index is 11.2. The standard InChI is InChI=1S/C9H14IN3O/c1-5(2)6(3)13-8-7(10)9(14)12-4-11-8/h4-6H,1-3H3,(H2,11,12,13,14). The monoisotopic (exact) mass is 307 g/mol. The Kier molecular flexibility index (Phi) is 3.91. The number of hydrogen-bond donors (Lipinski definition) is 2. The molecule has 0 aliphatic rings. The fraction of sp³-hybridized carbons (Fsp3) is 0.556. The topological polar surface area (TPSA) is 57.8 Å². The summed E-state index contributed by atoms with van der Waals surface area (Å²) < 4.78 is 0.609. The van der Waals surface area contributed by atoms with Crippen molar-refractivity contribution < 1.29 is 0 Å². The van der Waals surface area contributed by atoms with Gasteiger partial charge >= 0.3 is 0 Å². The van der Waals surface area contributed by atoms with E-state index in [1.54, 1.807) is 0 Å². The van der Waals surface area contributed by atoms with Gasteiger partial charge in [-0.05, 0) is 35.4 Å². The van der Waals surface area contributed by atoms with Crippen molar-refractivity contribution in [3.05, 3.63) is 20.3 Å². The first-order chi connectivity index (χ1) is 6.52. The zero-order chi connectivity index (χ0) is 10.7. The molecule has 1 unspecified atom stereocenters. The van der Waals surface area contributed by atoms with Crippen LogP contribution in [-0.2, 0) is 0 Å². The number of aromatic nitrogens is 2. The Morgan fingerprint density at radius 1 is 1.50 bits per heavy atom. The van der Waals surface area contributed by atoms with Crippen molar-refractivity contribution in [1.82, 2.24) is 9.97 Å². The summed E-state index contributed by atoms with van der Waals surface area (Å²) in [6, 6.07) is 0.304. The summed E-state index contributed by atoms with van der Waals surface area (Å²) >= 11 is 1.99. The van der Waals surface area contributed by atoms with Gasteiger partial charge in [0.05, 0.1) is 6.33 Å². The molecule has 0 amide bonds. The molecule has 4 nitrogen and oxygen atoms in total. The summed E-state index contributed by atoms with van der Waals surface area (Å²) in [5.74, 6) is 1.17. The van der Waals surface area contributed by atoms with Gasteiger partial charge in [-0.25, -0.2) is 4.98 Å². The Hall–Kier alpha value is -0.590. The molecule has 0 fully saturated rings. The highest BCUT2D eigenvalue weighted by atomic mass is 127. The first-order valence-electron chi connectivity index (χ1n) is 4.52. The van der Waals surface area contributed by atoms with Crippen molar-refractivity contribution in [2.75, 3.05) is 5.32 Å². The van der Waals surface area contributed by atoms with Gasteiger partial charge in [-0.2, -0.15) is 0 Å². The maximum absolute atomic E-state index is 11.2. The molecule has 0 radical (unpaired) electrons. The van der Waals surface area contributed by atoms with Gasteiger partial charge in [0.2, 0.25) is 0 Å². The lowest BCUT2D eigenvalue weighted by molar-refractivity contribution is 0.557. The number of H-pyrrole nitrogens is 1. The van der Waals surface area contributed by atoms with Crippen LogP contribution in [0, 0.1) is 9.49 Å². The molecule has 0 aliphatic carbocycles. The Morgan fingerprint density at radius 2 is 2.14 bits per heavy atom. The molecule has 1 atom stereocenters. The summed E-state index contributed by atoms with van der Waals surface area (Å²) in [6.07, 6.45) is 1.42. The third-order valence-corrected chi connectivity index (χ3v) is 3.16. The second kappa shape index (κ2) is 4.77. The molecule has 1 heterocycles. The number of nitrogens with one attached hydrogen (secondary N) is 2. The van der Waals surface area contributed by atoms with Gasteiger partial charge in [-0.15, -0.1) is 0 Å². The Morgan fingerprint density at radius 3 is 2.71 bits per heavy atom. The average molecular weight is 307 g/mol. The Labute approximate surface area is 96.7 Å². The van der Waals surface area contributed by atoms with Crippen LogP contribution in [0.1, 0.15) is 20.8 Å². The van der Waals surface area contributed by atoms with Crippen molar-refractivity contribution in [2.24, 2.45) is 5.92 Å². The molecule has 0 saturated heterocycles. The van der Waals surface area contributed by atoms with E-state index in [1.165, 1.54) is 6.33 Å². The molecule has 0 aliphatic heterocycles. The summed E-state index contributed by atoms with van der Waals surface area (Å²) in [4.78, 5) is 17.9. The number of aromatic amines is 1. The van der Waals surface area contributed by atoms with Gasteiger partial charge in [0.15, 0.2) is 0 Å². The lowest BCUT2D eigenvalue weighted by Gasteiger charge is -2.18. The molecule has 2 N–H and O–H groups in total. The van der Waals surface area contributed by atoms with Crippen molar-refractivity contribution in [1.29, 1.82) is 0 Å². The summed E-state index contributed by atoms with van der Waals surface area (Å²) in [6.45, 7) is 6.32. The zero-order valence-electron chi connectivity index (χ0n) is 8.47. The van der Waals surface area contributed by atoms with Gasteiger partial charge in [0.1, 0.15) is 9.39 Å². The second-order valence-corrected chi connectivity index (χ2v) is 4.65. The van der Waals surface area contributed by atoms with Gasteiger partial charge in [0, 0.05) is 6.04 Å². The molecular formula is C9H14IN3O. The van der Waals surface area contributed by atoms with Crippen molar-refractivity contribution in [3.63, 3.8) is 0 Å². The van der Waals surface area contributed by atoms with E-state index in [0.29, 0.717) is 21.3 Å². The Bertz CT molecular complexity index is 361. The lowest BCUT2D eigenvalue weighted by atomic mass is 10.1. The van der Waals surface area contributed by atoms with E-state index in [4.69, 9.17) is 0 Å². The molecule has 0 spiro atoms. The minimum atomic E-state index is -0.0981. The maximum Gasteiger partial charge on any atom is 0.266 e. The molecule has 14 heavy (non-hydrogen) atoms. The minimum absolute atomic E-state index is 0.0981. The molecule has 0 bridgehead atoms. The summed E-state index contributed by atoms with van der Waals surface area (Å²) in [7, 11) is 0. The lowest BCUT2D eigenvalue weighted by Crippen LogP contribution is -2.25. The van der Waals surface area contributed by atoms with Crippen molar-refractivity contribution in [3.8, 4) is 0 Å². The van der Waals surface area contributed by atoms with E-state index in [-0.39, 0.29) is 5.56 Å². The summed E-state index contributed by atoms with van der Waals surface area (Å²) in [5, 5.41) is 3.21. The number of nitrogens with zero attached hydrogens (tertiary/aromatic N) is 1. The van der Waals surface area contributed by atoms with Crippen LogP contribution < -0.4 is 10.9 Å². The SMILES string of the molecule is CC(C)C(C)Nc1nc[nH]c(=O)c1I. The van der Waals surface area contributed by atoms with Crippen LogP contribution in [0.25, 0.3) is 0 Å². The van der Waals surface area contributed by atoms with Gasteiger partial charge in [-0.3, -0.25) is 4.79 Å². The number of hydrogen-bond acceptors (Lipinski definition) is 3. The first kappa shape index (κ1) is 11.5. The normalized spacial score (nSPS) is 12.9. The third kappa shape index (κ3) is 2.70. The van der Waals surface area contributed by atoms with Crippen molar-refractivity contribution in [2.45, 2.75) is 26.8 Å². The van der Waals surface area contributed by atoms with Gasteiger partial charge in [0.25, 0.3) is 5.56 Å².